The second-order valence-corrected chi connectivity index (χ2v) is 4.34. The molecule has 17 heavy (non-hydrogen) atoms. The summed E-state index contributed by atoms with van der Waals surface area (Å²) < 4.78 is 1.90. The van der Waals surface area contributed by atoms with Gasteiger partial charge in [-0.05, 0) is 32.4 Å². The van der Waals surface area contributed by atoms with E-state index in [9.17, 15) is 0 Å². The zero-order chi connectivity index (χ0) is 12.1. The van der Waals surface area contributed by atoms with Gasteiger partial charge in [-0.3, -0.25) is 4.68 Å². The van der Waals surface area contributed by atoms with Crippen LogP contribution in [0.15, 0.2) is 30.2 Å². The first-order chi connectivity index (χ1) is 8.27. The second-order valence-electron chi connectivity index (χ2n) is 4.34. The first-order valence-corrected chi connectivity index (χ1v) is 6.10. The van der Waals surface area contributed by atoms with E-state index in [1.165, 1.54) is 11.3 Å². The smallest absolute Gasteiger partial charge is 0.131 e. The topological polar surface area (TPSA) is 41.9 Å². The predicted molar refractivity (Wildman–Crippen MR) is 70.7 cm³/mol. The van der Waals surface area contributed by atoms with Crippen molar-refractivity contribution in [2.75, 3.05) is 11.9 Å². The van der Waals surface area contributed by atoms with E-state index in [1.807, 2.05) is 24.1 Å². The maximum absolute atomic E-state index is 4.31. The maximum atomic E-state index is 4.31. The van der Waals surface area contributed by atoms with Crippen LogP contribution in [0.5, 0.6) is 0 Å². The average Bonchev–Trinajstić information content (AvgIpc) is 2.63. The molecule has 0 bridgehead atoms. The van der Waals surface area contributed by atoms with Crippen molar-refractivity contribution >= 4 is 5.82 Å². The zero-order valence-corrected chi connectivity index (χ0v) is 10.5. The number of fused-ring (bicyclic) bond motifs is 1. The van der Waals surface area contributed by atoms with E-state index < -0.39 is 0 Å². The third-order valence-electron chi connectivity index (χ3n) is 2.89. The third kappa shape index (κ3) is 3.12. The van der Waals surface area contributed by atoms with Crippen LogP contribution in [0.25, 0.3) is 0 Å². The number of allylic oxidation sites excluding steroid dienone is 3. The molecule has 1 aliphatic rings. The Labute approximate surface area is 102 Å². The number of hydrogen-bond donors (Lipinski definition) is 2. The summed E-state index contributed by atoms with van der Waals surface area (Å²) in [5.74, 6) is 1.10. The van der Waals surface area contributed by atoms with Gasteiger partial charge >= 0.3 is 0 Å². The molecule has 0 atom stereocenters. The van der Waals surface area contributed by atoms with Gasteiger partial charge in [0.05, 0.1) is 6.20 Å². The Morgan fingerprint density at radius 1 is 1.35 bits per heavy atom. The zero-order valence-electron chi connectivity index (χ0n) is 10.5. The lowest BCUT2D eigenvalue weighted by atomic mass is 10.2. The van der Waals surface area contributed by atoms with E-state index in [-0.39, 0.29) is 0 Å². The van der Waals surface area contributed by atoms with Crippen LogP contribution in [0.4, 0.5) is 5.82 Å². The van der Waals surface area contributed by atoms with Gasteiger partial charge in [0, 0.05) is 24.9 Å². The predicted octanol–water partition coefficient (Wildman–Crippen LogP) is 2.18. The SMILES string of the molecule is C/C1=C\CC/C=C/NCCc2cnn(C)c2N1. The molecule has 0 aliphatic carbocycles. The molecular formula is C13H20N4. The molecule has 0 aromatic carbocycles. The molecule has 92 valence electrons. The number of aromatic nitrogens is 2. The lowest BCUT2D eigenvalue weighted by Gasteiger charge is -2.11. The normalized spacial score (nSPS) is 21.9. The van der Waals surface area contributed by atoms with E-state index in [2.05, 4.69) is 34.8 Å². The van der Waals surface area contributed by atoms with Gasteiger partial charge < -0.3 is 10.6 Å². The summed E-state index contributed by atoms with van der Waals surface area (Å²) in [7, 11) is 1.97. The first-order valence-electron chi connectivity index (χ1n) is 6.10. The van der Waals surface area contributed by atoms with Gasteiger partial charge in [-0.1, -0.05) is 12.2 Å². The largest absolute Gasteiger partial charge is 0.391 e. The molecule has 1 aromatic rings. The average molecular weight is 232 g/mol. The number of aryl methyl sites for hydroxylation is 1. The molecule has 1 aromatic heterocycles. The summed E-state index contributed by atoms with van der Waals surface area (Å²) in [6.07, 6.45) is 11.5. The van der Waals surface area contributed by atoms with Crippen molar-refractivity contribution in [1.29, 1.82) is 0 Å². The van der Waals surface area contributed by atoms with Crippen LogP contribution in [0, 0.1) is 0 Å². The van der Waals surface area contributed by atoms with Gasteiger partial charge in [0.1, 0.15) is 5.82 Å². The lowest BCUT2D eigenvalue weighted by molar-refractivity contribution is 0.772. The summed E-state index contributed by atoms with van der Waals surface area (Å²) in [5, 5.41) is 11.0. The molecule has 0 spiro atoms. The van der Waals surface area contributed by atoms with Gasteiger partial charge in [-0.15, -0.1) is 0 Å². The van der Waals surface area contributed by atoms with Crippen molar-refractivity contribution in [1.82, 2.24) is 15.1 Å². The quantitative estimate of drug-likeness (QED) is 0.720. The van der Waals surface area contributed by atoms with E-state index in [0.29, 0.717) is 0 Å². The summed E-state index contributed by atoms with van der Waals surface area (Å²) in [5.41, 5.74) is 2.44. The third-order valence-corrected chi connectivity index (χ3v) is 2.89. The number of nitrogens with one attached hydrogen (secondary N) is 2. The Balaban J connectivity index is 2.21. The van der Waals surface area contributed by atoms with Crippen LogP contribution < -0.4 is 10.6 Å². The Kier molecular flexibility index (Phi) is 3.85. The van der Waals surface area contributed by atoms with Gasteiger partial charge in [0.25, 0.3) is 0 Å². The van der Waals surface area contributed by atoms with Gasteiger partial charge in [0.15, 0.2) is 0 Å². The minimum atomic E-state index is 0.944. The van der Waals surface area contributed by atoms with Crippen molar-refractivity contribution in [2.24, 2.45) is 7.05 Å². The van der Waals surface area contributed by atoms with Gasteiger partial charge in [0.2, 0.25) is 0 Å². The fourth-order valence-corrected chi connectivity index (χ4v) is 1.92. The maximum Gasteiger partial charge on any atom is 0.131 e. The molecule has 0 fully saturated rings. The molecule has 0 saturated heterocycles. The van der Waals surface area contributed by atoms with E-state index in [0.717, 1.165) is 31.6 Å². The van der Waals surface area contributed by atoms with Crippen LogP contribution in [0.1, 0.15) is 25.3 Å². The van der Waals surface area contributed by atoms with Crippen molar-refractivity contribution in [3.8, 4) is 0 Å². The standard InChI is InChI=1S/C13H20N4/c1-11-6-4-3-5-8-14-9-7-12-10-15-17(2)13(12)16-11/h5-6,8,10,14,16H,3-4,7,9H2,1-2H3/b8-5+,11-6+. The molecule has 2 heterocycles. The van der Waals surface area contributed by atoms with Crippen molar-refractivity contribution in [3.05, 3.63) is 35.8 Å². The minimum absolute atomic E-state index is 0.944. The fraction of sp³-hybridized carbons (Fsp3) is 0.462. The van der Waals surface area contributed by atoms with E-state index >= 15 is 0 Å². The Morgan fingerprint density at radius 2 is 2.24 bits per heavy atom. The van der Waals surface area contributed by atoms with Crippen molar-refractivity contribution < 1.29 is 0 Å². The van der Waals surface area contributed by atoms with Crippen LogP contribution in [0.2, 0.25) is 0 Å². The minimum Gasteiger partial charge on any atom is -0.391 e. The van der Waals surface area contributed by atoms with Crippen LogP contribution in [0.3, 0.4) is 0 Å². The number of hydrogen-bond acceptors (Lipinski definition) is 3. The fourth-order valence-electron chi connectivity index (χ4n) is 1.92. The molecule has 0 amide bonds. The molecule has 0 unspecified atom stereocenters. The monoisotopic (exact) mass is 232 g/mol. The summed E-state index contributed by atoms with van der Waals surface area (Å²) >= 11 is 0. The lowest BCUT2D eigenvalue weighted by Crippen LogP contribution is -2.12. The van der Waals surface area contributed by atoms with E-state index in [1.54, 1.807) is 0 Å². The Bertz CT molecular complexity index is 429. The number of rotatable bonds is 0. The highest BCUT2D eigenvalue weighted by molar-refractivity contribution is 5.48. The van der Waals surface area contributed by atoms with Crippen LogP contribution in [-0.2, 0) is 13.5 Å². The molecule has 1 aliphatic heterocycles. The van der Waals surface area contributed by atoms with Gasteiger partial charge in [-0.25, -0.2) is 0 Å². The Morgan fingerprint density at radius 3 is 3.12 bits per heavy atom. The Hall–Kier alpha value is -1.71. The van der Waals surface area contributed by atoms with Gasteiger partial charge in [-0.2, -0.15) is 5.10 Å². The molecule has 4 nitrogen and oxygen atoms in total. The molecule has 2 N–H and O–H groups in total. The second kappa shape index (κ2) is 5.57. The van der Waals surface area contributed by atoms with Crippen molar-refractivity contribution in [2.45, 2.75) is 26.2 Å². The molecule has 0 saturated carbocycles. The van der Waals surface area contributed by atoms with Crippen LogP contribution >= 0.6 is 0 Å². The first kappa shape index (κ1) is 11.8. The van der Waals surface area contributed by atoms with Crippen molar-refractivity contribution in [3.63, 3.8) is 0 Å². The number of anilines is 1. The highest BCUT2D eigenvalue weighted by Crippen LogP contribution is 2.17. The summed E-state index contributed by atoms with van der Waals surface area (Å²) in [4.78, 5) is 0. The number of nitrogens with zero attached hydrogens (tertiary/aromatic N) is 2. The molecule has 0 radical (unpaired) electrons. The highest BCUT2D eigenvalue weighted by Gasteiger charge is 2.08. The summed E-state index contributed by atoms with van der Waals surface area (Å²) in [6, 6.07) is 0. The summed E-state index contributed by atoms with van der Waals surface area (Å²) in [6.45, 7) is 3.05. The van der Waals surface area contributed by atoms with E-state index in [4.69, 9.17) is 0 Å². The molecule has 2 rings (SSSR count). The highest BCUT2D eigenvalue weighted by atomic mass is 15.3. The molecular weight excluding hydrogens is 212 g/mol. The van der Waals surface area contributed by atoms with Crippen LogP contribution in [-0.4, -0.2) is 16.3 Å². The molecule has 4 heteroatoms.